The second-order valence-electron chi connectivity index (χ2n) is 5.74. The van der Waals surface area contributed by atoms with Crippen molar-refractivity contribution in [1.82, 2.24) is 24.7 Å². The molecule has 1 aliphatic rings. The van der Waals surface area contributed by atoms with Gasteiger partial charge >= 0.3 is 0 Å². The number of aromatic nitrogens is 5. The van der Waals surface area contributed by atoms with Gasteiger partial charge in [0.1, 0.15) is 12.0 Å². The Morgan fingerprint density at radius 1 is 1.48 bits per heavy atom. The summed E-state index contributed by atoms with van der Waals surface area (Å²) in [5, 5.41) is 14.5. The Kier molecular flexibility index (Phi) is 2.78. The first-order valence-corrected chi connectivity index (χ1v) is 7.72. The van der Waals surface area contributed by atoms with Crippen LogP contribution < -0.4 is 0 Å². The van der Waals surface area contributed by atoms with E-state index in [2.05, 4.69) is 20.1 Å². The summed E-state index contributed by atoms with van der Waals surface area (Å²) >= 11 is 0. The first kappa shape index (κ1) is 10.9. The first-order valence-electron chi connectivity index (χ1n) is 9.22. The van der Waals surface area contributed by atoms with Crippen molar-refractivity contribution in [1.29, 1.82) is 5.26 Å². The van der Waals surface area contributed by atoms with Crippen molar-refractivity contribution >= 4 is 11.0 Å². The lowest BCUT2D eigenvalue weighted by Crippen LogP contribution is -2.17. The fraction of sp³-hybridized carbons (Fsp3) is 0.412. The van der Waals surface area contributed by atoms with E-state index < -0.39 is 12.4 Å². The third-order valence-corrected chi connectivity index (χ3v) is 4.38. The van der Waals surface area contributed by atoms with Gasteiger partial charge in [-0.05, 0) is 24.8 Å². The number of fused-ring (bicyclic) bond motifs is 1. The smallest absolute Gasteiger partial charge is 0.141 e. The molecule has 1 N–H and O–H groups in total. The van der Waals surface area contributed by atoms with Crippen molar-refractivity contribution in [3.8, 4) is 17.3 Å². The highest BCUT2D eigenvalue weighted by Crippen LogP contribution is 2.36. The zero-order chi connectivity index (χ0) is 18.4. The Hall–Kier alpha value is -2.68. The zero-order valence-corrected chi connectivity index (χ0v) is 12.5. The van der Waals surface area contributed by atoms with E-state index in [-0.39, 0.29) is 5.92 Å². The lowest BCUT2D eigenvalue weighted by atomic mass is 9.96. The summed E-state index contributed by atoms with van der Waals surface area (Å²) in [6, 6.07) is 1.77. The number of H-pyrrole nitrogens is 1. The van der Waals surface area contributed by atoms with Crippen LogP contribution in [-0.4, -0.2) is 24.7 Å². The molecule has 3 heterocycles. The van der Waals surface area contributed by atoms with Gasteiger partial charge < -0.3 is 4.98 Å². The Morgan fingerprint density at radius 2 is 2.35 bits per heavy atom. The van der Waals surface area contributed by atoms with Crippen molar-refractivity contribution in [2.75, 3.05) is 0 Å². The molecule has 1 aliphatic carbocycles. The molecule has 23 heavy (non-hydrogen) atoms. The van der Waals surface area contributed by atoms with Crippen molar-refractivity contribution in [2.24, 2.45) is 5.92 Å². The van der Waals surface area contributed by atoms with Crippen LogP contribution >= 0.6 is 0 Å². The van der Waals surface area contributed by atoms with E-state index >= 15 is 0 Å². The fourth-order valence-electron chi connectivity index (χ4n) is 3.28. The highest BCUT2D eigenvalue weighted by atomic mass is 15.3. The van der Waals surface area contributed by atoms with Crippen LogP contribution in [0.5, 0.6) is 0 Å². The third kappa shape index (κ3) is 2.48. The van der Waals surface area contributed by atoms with Gasteiger partial charge in [-0.3, -0.25) is 4.68 Å². The average Bonchev–Trinajstić information content (AvgIpc) is 3.41. The molecule has 116 valence electrons. The molecule has 0 radical (unpaired) electrons. The van der Waals surface area contributed by atoms with Crippen LogP contribution in [0.3, 0.4) is 0 Å². The summed E-state index contributed by atoms with van der Waals surface area (Å²) in [5.74, 6) is -0.262. The molecule has 3 aromatic heterocycles. The standard InChI is InChI=1S/C17H18N6/c18-7-5-15(12-3-1-2-4-12)23-10-13(9-22-23)16-14-6-8-19-17(14)21-11-20-16/h6,8-12,15H,1-5H2,(H,19,20,21)/t15-/m0/s1/i5D2,15D. The third-order valence-electron chi connectivity index (χ3n) is 4.38. The van der Waals surface area contributed by atoms with Crippen LogP contribution in [0.15, 0.2) is 31.0 Å². The van der Waals surface area contributed by atoms with Gasteiger partial charge in [-0.25, -0.2) is 9.97 Å². The molecule has 0 bridgehead atoms. The molecule has 1 saturated carbocycles. The molecule has 0 spiro atoms. The van der Waals surface area contributed by atoms with Gasteiger partial charge in [0.2, 0.25) is 0 Å². The van der Waals surface area contributed by atoms with Gasteiger partial charge in [0.05, 0.1) is 31.7 Å². The summed E-state index contributed by atoms with van der Waals surface area (Å²) in [4.78, 5) is 11.5. The first-order chi connectivity index (χ1) is 12.5. The normalized spacial score (nSPS) is 20.6. The minimum Gasteiger partial charge on any atom is -0.346 e. The molecule has 1 fully saturated rings. The van der Waals surface area contributed by atoms with Crippen molar-refractivity contribution in [2.45, 2.75) is 38.1 Å². The second-order valence-corrected chi connectivity index (χ2v) is 5.74. The molecule has 0 aliphatic heterocycles. The number of nitrogens with one attached hydrogen (secondary N) is 1. The Morgan fingerprint density at radius 3 is 3.17 bits per heavy atom. The summed E-state index contributed by atoms with van der Waals surface area (Å²) in [5.41, 5.74) is 2.03. The number of nitriles is 1. The maximum atomic E-state index is 9.38. The van der Waals surface area contributed by atoms with Crippen LogP contribution in [0.4, 0.5) is 0 Å². The predicted molar refractivity (Wildman–Crippen MR) is 86.3 cm³/mol. The largest absolute Gasteiger partial charge is 0.346 e. The number of rotatable bonds is 4. The molecule has 4 rings (SSSR count). The van der Waals surface area contributed by atoms with Crippen LogP contribution in [0.25, 0.3) is 22.3 Å². The molecule has 0 aromatic carbocycles. The van der Waals surface area contributed by atoms with Crippen LogP contribution in [0, 0.1) is 17.2 Å². The highest BCUT2D eigenvalue weighted by Gasteiger charge is 2.27. The van der Waals surface area contributed by atoms with E-state index in [1.54, 1.807) is 24.7 Å². The van der Waals surface area contributed by atoms with Gasteiger partial charge in [0, 0.05) is 26.1 Å². The van der Waals surface area contributed by atoms with Crippen molar-refractivity contribution in [3.63, 3.8) is 0 Å². The summed E-state index contributed by atoms with van der Waals surface area (Å²) in [7, 11) is 0. The average molecular weight is 309 g/mol. The van der Waals surface area contributed by atoms with E-state index in [1.807, 2.05) is 6.07 Å². The number of aromatic amines is 1. The maximum absolute atomic E-state index is 9.38. The van der Waals surface area contributed by atoms with E-state index in [9.17, 15) is 5.26 Å². The molecular weight excluding hydrogens is 288 g/mol. The zero-order valence-electron chi connectivity index (χ0n) is 15.5. The highest BCUT2D eigenvalue weighted by molar-refractivity contribution is 5.89. The van der Waals surface area contributed by atoms with Crippen LogP contribution in [0.2, 0.25) is 0 Å². The number of hydrogen-bond donors (Lipinski definition) is 1. The van der Waals surface area contributed by atoms with Crippen LogP contribution in [0.1, 0.15) is 42.2 Å². The summed E-state index contributed by atoms with van der Waals surface area (Å²) in [6.45, 7) is 0. The minimum atomic E-state index is -2.36. The minimum absolute atomic E-state index is 0.262. The van der Waals surface area contributed by atoms with Gasteiger partial charge in [0.15, 0.2) is 0 Å². The van der Waals surface area contributed by atoms with E-state index in [4.69, 9.17) is 4.11 Å². The van der Waals surface area contributed by atoms with Gasteiger partial charge in [-0.2, -0.15) is 10.4 Å². The Labute approximate surface area is 138 Å². The molecule has 0 unspecified atom stereocenters. The molecule has 6 nitrogen and oxygen atoms in total. The SMILES string of the molecule is [2H]C([2H])(C#N)[C@@]([2H])(C1CCCC1)n1cc(-c2ncnc3[nH]ccc23)cn1. The van der Waals surface area contributed by atoms with Gasteiger partial charge in [-0.15, -0.1) is 0 Å². The number of hydrogen-bond acceptors (Lipinski definition) is 4. The lowest BCUT2D eigenvalue weighted by Gasteiger charge is -2.21. The van der Waals surface area contributed by atoms with E-state index in [0.29, 0.717) is 16.9 Å². The molecule has 0 amide bonds. The second kappa shape index (κ2) is 5.84. The Balaban J connectivity index is 1.82. The topological polar surface area (TPSA) is 83.2 Å². The lowest BCUT2D eigenvalue weighted by molar-refractivity contribution is 0.315. The Bertz CT molecular complexity index is 982. The van der Waals surface area contributed by atoms with Crippen LogP contribution in [-0.2, 0) is 0 Å². The van der Waals surface area contributed by atoms with Crippen molar-refractivity contribution in [3.05, 3.63) is 31.0 Å². The molecule has 6 heteroatoms. The molecule has 0 saturated heterocycles. The van der Waals surface area contributed by atoms with Gasteiger partial charge in [-0.1, -0.05) is 12.8 Å². The quantitative estimate of drug-likeness (QED) is 0.800. The molecule has 1 atom stereocenters. The molecule has 3 aromatic rings. The van der Waals surface area contributed by atoms with E-state index in [1.165, 1.54) is 11.0 Å². The molecular formula is C17H18N6. The fourth-order valence-corrected chi connectivity index (χ4v) is 3.28. The van der Waals surface area contributed by atoms with Crippen molar-refractivity contribution < 1.29 is 4.11 Å². The van der Waals surface area contributed by atoms with Gasteiger partial charge in [0.25, 0.3) is 0 Å². The monoisotopic (exact) mass is 309 g/mol. The summed E-state index contributed by atoms with van der Waals surface area (Å²) in [6.07, 6.45) is 7.37. The number of nitrogens with zero attached hydrogens (tertiary/aromatic N) is 5. The van der Waals surface area contributed by atoms with E-state index in [0.717, 1.165) is 31.1 Å². The summed E-state index contributed by atoms with van der Waals surface area (Å²) < 4.78 is 26.6. The predicted octanol–water partition coefficient (Wildman–Crippen LogP) is 3.47. The maximum Gasteiger partial charge on any atom is 0.141 e.